The van der Waals surface area contributed by atoms with Crippen LogP contribution in [0.5, 0.6) is 5.75 Å². The Balaban J connectivity index is 1.67. The number of likely N-dealkylation sites (tertiary alicyclic amines) is 1. The minimum Gasteiger partial charge on any atom is -0.507 e. The summed E-state index contributed by atoms with van der Waals surface area (Å²) in [6, 6.07) is 19.1. The van der Waals surface area contributed by atoms with Gasteiger partial charge in [-0.25, -0.2) is 0 Å². The van der Waals surface area contributed by atoms with Crippen molar-refractivity contribution in [2.24, 2.45) is 0 Å². The van der Waals surface area contributed by atoms with E-state index in [0.29, 0.717) is 23.5 Å². The molecule has 1 amide bonds. The van der Waals surface area contributed by atoms with Crippen LogP contribution in [0.15, 0.2) is 78.4 Å². The average molecular weight is 503 g/mol. The first-order valence-corrected chi connectivity index (χ1v) is 11.6. The van der Waals surface area contributed by atoms with Gasteiger partial charge in [0.25, 0.3) is 17.4 Å². The Morgan fingerprint density at radius 2 is 1.78 bits per heavy atom. The SMILES string of the molecule is COCCN1C(=O)C(=O)/C(=C(/O)c2ccc(OCc3cccc(C)c3)cc2)[C@H]1c1cccc([N+](=O)[O-])c1. The molecule has 1 saturated heterocycles. The highest BCUT2D eigenvalue weighted by atomic mass is 16.6. The molecule has 9 nitrogen and oxygen atoms in total. The number of aliphatic hydroxyl groups is 1. The first kappa shape index (κ1) is 25.6. The smallest absolute Gasteiger partial charge is 0.295 e. The molecule has 1 aliphatic rings. The van der Waals surface area contributed by atoms with Crippen LogP contribution in [0.3, 0.4) is 0 Å². The third kappa shape index (κ3) is 5.52. The van der Waals surface area contributed by atoms with Crippen LogP contribution >= 0.6 is 0 Å². The van der Waals surface area contributed by atoms with Crippen LogP contribution < -0.4 is 4.74 Å². The van der Waals surface area contributed by atoms with Crippen LogP contribution in [-0.2, 0) is 20.9 Å². The largest absolute Gasteiger partial charge is 0.507 e. The molecule has 1 atom stereocenters. The van der Waals surface area contributed by atoms with E-state index < -0.39 is 22.7 Å². The van der Waals surface area contributed by atoms with Crippen molar-refractivity contribution in [1.82, 2.24) is 4.90 Å². The maximum absolute atomic E-state index is 13.0. The molecular weight excluding hydrogens is 476 g/mol. The number of hydrogen-bond acceptors (Lipinski definition) is 7. The van der Waals surface area contributed by atoms with Crippen molar-refractivity contribution in [1.29, 1.82) is 0 Å². The quantitative estimate of drug-likeness (QED) is 0.150. The molecule has 1 N–H and O–H groups in total. The second-order valence-electron chi connectivity index (χ2n) is 8.64. The predicted molar refractivity (Wildman–Crippen MR) is 136 cm³/mol. The third-order valence-corrected chi connectivity index (χ3v) is 6.09. The van der Waals surface area contributed by atoms with Gasteiger partial charge in [0.05, 0.1) is 23.1 Å². The van der Waals surface area contributed by atoms with Crippen molar-refractivity contribution in [2.45, 2.75) is 19.6 Å². The number of nitrogens with zero attached hydrogens (tertiary/aromatic N) is 2. The number of benzene rings is 3. The standard InChI is InChI=1S/C28H26N2O7/c1-18-5-3-6-19(15-18)17-37-23-11-9-20(10-12-23)26(31)24-25(21-7-4-8-22(16-21)30(34)35)29(13-14-36-2)28(33)27(24)32/h3-12,15-16,25,31H,13-14,17H2,1-2H3/b26-24+/t25-/m1/s1. The minimum absolute atomic E-state index is 0.0664. The normalized spacial score (nSPS) is 16.7. The van der Waals surface area contributed by atoms with Crippen LogP contribution in [0.2, 0.25) is 0 Å². The van der Waals surface area contributed by atoms with Gasteiger partial charge in [-0.2, -0.15) is 0 Å². The number of ketones is 1. The van der Waals surface area contributed by atoms with Gasteiger partial charge in [-0.15, -0.1) is 0 Å². The zero-order valence-corrected chi connectivity index (χ0v) is 20.4. The first-order valence-electron chi connectivity index (χ1n) is 11.6. The Hall–Kier alpha value is -4.50. The highest BCUT2D eigenvalue weighted by Gasteiger charge is 2.46. The van der Waals surface area contributed by atoms with Crippen LogP contribution in [0.25, 0.3) is 5.76 Å². The van der Waals surface area contributed by atoms with E-state index in [2.05, 4.69) is 0 Å². The summed E-state index contributed by atoms with van der Waals surface area (Å²) in [4.78, 5) is 38.0. The van der Waals surface area contributed by atoms with Crippen molar-refractivity contribution < 1.29 is 29.1 Å². The first-order chi connectivity index (χ1) is 17.8. The summed E-state index contributed by atoms with van der Waals surface area (Å²) in [6.07, 6.45) is 0. The predicted octanol–water partition coefficient (Wildman–Crippen LogP) is 4.55. The number of amides is 1. The van der Waals surface area contributed by atoms with Gasteiger partial charge in [0.2, 0.25) is 0 Å². The average Bonchev–Trinajstić information content (AvgIpc) is 3.15. The molecule has 0 spiro atoms. The number of hydrogen-bond donors (Lipinski definition) is 1. The van der Waals surface area contributed by atoms with E-state index in [0.717, 1.165) is 11.1 Å². The van der Waals surface area contributed by atoms with Crippen molar-refractivity contribution >= 4 is 23.1 Å². The summed E-state index contributed by atoms with van der Waals surface area (Å²) in [5.41, 5.74) is 2.45. The molecule has 190 valence electrons. The van der Waals surface area contributed by atoms with E-state index in [1.807, 2.05) is 31.2 Å². The monoisotopic (exact) mass is 502 g/mol. The molecule has 0 radical (unpaired) electrons. The second kappa shape index (κ2) is 11.0. The van der Waals surface area contributed by atoms with E-state index >= 15 is 0 Å². The van der Waals surface area contributed by atoms with Gasteiger partial charge in [-0.05, 0) is 42.3 Å². The summed E-state index contributed by atoms with van der Waals surface area (Å²) >= 11 is 0. The molecule has 0 unspecified atom stereocenters. The van der Waals surface area contributed by atoms with Gasteiger partial charge in [-0.3, -0.25) is 19.7 Å². The maximum Gasteiger partial charge on any atom is 0.295 e. The third-order valence-electron chi connectivity index (χ3n) is 6.09. The molecule has 37 heavy (non-hydrogen) atoms. The molecule has 3 aromatic carbocycles. The number of non-ortho nitro benzene ring substituents is 1. The van der Waals surface area contributed by atoms with Gasteiger partial charge >= 0.3 is 0 Å². The van der Waals surface area contributed by atoms with Gasteiger partial charge < -0.3 is 19.5 Å². The molecule has 3 aromatic rings. The number of carbonyl (C=O) groups excluding carboxylic acids is 2. The van der Waals surface area contributed by atoms with Crippen molar-refractivity contribution in [3.63, 3.8) is 0 Å². The Morgan fingerprint density at radius 1 is 1.05 bits per heavy atom. The van der Waals surface area contributed by atoms with Crippen molar-refractivity contribution in [2.75, 3.05) is 20.3 Å². The Morgan fingerprint density at radius 3 is 2.46 bits per heavy atom. The van der Waals surface area contributed by atoms with E-state index in [1.54, 1.807) is 30.3 Å². The number of nitro groups is 1. The Bertz CT molecular complexity index is 1360. The molecule has 0 aliphatic carbocycles. The number of Topliss-reactive ketones (excluding diaryl/α,β-unsaturated/α-hetero) is 1. The number of aliphatic hydroxyl groups excluding tert-OH is 1. The summed E-state index contributed by atoms with van der Waals surface area (Å²) in [5.74, 6) is -1.49. The fourth-order valence-corrected chi connectivity index (χ4v) is 4.29. The molecule has 0 bridgehead atoms. The molecule has 0 saturated carbocycles. The van der Waals surface area contributed by atoms with Gasteiger partial charge in [0.1, 0.15) is 18.1 Å². The zero-order chi connectivity index (χ0) is 26.5. The number of methoxy groups -OCH3 is 1. The van der Waals surface area contributed by atoms with Crippen LogP contribution in [0, 0.1) is 17.0 Å². The molecule has 1 heterocycles. The number of carbonyl (C=O) groups is 2. The molecule has 9 heteroatoms. The number of rotatable bonds is 9. The lowest BCUT2D eigenvalue weighted by atomic mass is 9.95. The Labute approximate surface area is 213 Å². The van der Waals surface area contributed by atoms with Gasteiger partial charge in [0, 0.05) is 31.4 Å². The summed E-state index contributed by atoms with van der Waals surface area (Å²) in [6.45, 7) is 2.58. The van der Waals surface area contributed by atoms with Gasteiger partial charge in [-0.1, -0.05) is 42.0 Å². The molecule has 1 aliphatic heterocycles. The van der Waals surface area contributed by atoms with E-state index in [4.69, 9.17) is 9.47 Å². The van der Waals surface area contributed by atoms with E-state index in [-0.39, 0.29) is 30.2 Å². The highest BCUT2D eigenvalue weighted by Crippen LogP contribution is 2.40. The lowest BCUT2D eigenvalue weighted by Gasteiger charge is -2.25. The fraction of sp³-hybridized carbons (Fsp3) is 0.214. The number of nitro benzene ring substituents is 1. The zero-order valence-electron chi connectivity index (χ0n) is 20.4. The van der Waals surface area contributed by atoms with Crippen LogP contribution in [-0.4, -0.2) is 46.9 Å². The Kier molecular flexibility index (Phi) is 7.64. The number of ether oxygens (including phenoxy) is 2. The summed E-state index contributed by atoms with van der Waals surface area (Å²) in [5, 5.41) is 22.5. The summed E-state index contributed by atoms with van der Waals surface area (Å²) in [7, 11) is 1.46. The molecule has 0 aromatic heterocycles. The van der Waals surface area contributed by atoms with E-state index in [1.165, 1.54) is 30.2 Å². The molecule has 4 rings (SSSR count). The van der Waals surface area contributed by atoms with Crippen molar-refractivity contribution in [3.05, 3.63) is 111 Å². The lowest BCUT2D eigenvalue weighted by Crippen LogP contribution is -2.32. The van der Waals surface area contributed by atoms with Crippen LogP contribution in [0.4, 0.5) is 5.69 Å². The maximum atomic E-state index is 13.0. The second-order valence-corrected chi connectivity index (χ2v) is 8.64. The van der Waals surface area contributed by atoms with E-state index in [9.17, 15) is 24.8 Å². The lowest BCUT2D eigenvalue weighted by molar-refractivity contribution is -0.384. The number of aryl methyl sites for hydroxylation is 1. The molecule has 1 fully saturated rings. The van der Waals surface area contributed by atoms with Crippen LogP contribution in [0.1, 0.15) is 28.3 Å². The fourth-order valence-electron chi connectivity index (χ4n) is 4.29. The minimum atomic E-state index is -1.01. The molecular formula is C28H26N2O7. The highest BCUT2D eigenvalue weighted by molar-refractivity contribution is 6.46. The topological polar surface area (TPSA) is 119 Å². The van der Waals surface area contributed by atoms with Gasteiger partial charge in [0.15, 0.2) is 0 Å². The van der Waals surface area contributed by atoms with Crippen molar-refractivity contribution in [3.8, 4) is 5.75 Å². The summed E-state index contributed by atoms with van der Waals surface area (Å²) < 4.78 is 10.9.